The number of hydrogen-bond acceptors (Lipinski definition) is 6. The molecule has 0 aromatic carbocycles. The van der Waals surface area contributed by atoms with E-state index in [0.717, 1.165) is 31.9 Å². The molecule has 1 aliphatic carbocycles. The maximum Gasteiger partial charge on any atom is 0.335 e. The van der Waals surface area contributed by atoms with Crippen LogP contribution in [-0.2, 0) is 21.1 Å². The predicted octanol–water partition coefficient (Wildman–Crippen LogP) is 0.712. The summed E-state index contributed by atoms with van der Waals surface area (Å²) in [4.78, 5) is 11.9. The fraction of sp³-hybridized carbons (Fsp3) is 0.750. The maximum absolute atomic E-state index is 11.9. The van der Waals surface area contributed by atoms with E-state index in [1.807, 2.05) is 0 Å². The molecule has 1 heterocycles. The van der Waals surface area contributed by atoms with Crippen LogP contribution in [0.15, 0.2) is 9.64 Å². The average molecular weight is 301 g/mol. The molecule has 112 valence electrons. The Labute approximate surface area is 118 Å². The van der Waals surface area contributed by atoms with E-state index >= 15 is 0 Å². The van der Waals surface area contributed by atoms with E-state index in [0.29, 0.717) is 13.0 Å². The standard InChI is InChI=1S/C12H19N3O4S/c1-20(17,18)12-15-14-10(19-12)7-8-13-11(16)9-5-3-2-4-6-9/h9H,2-8H2,1H3,(H,13,16). The molecular formula is C12H19N3O4S. The first-order valence-electron chi connectivity index (χ1n) is 6.77. The number of sulfone groups is 1. The third-order valence-corrected chi connectivity index (χ3v) is 4.18. The SMILES string of the molecule is CS(=O)(=O)c1nnc(CCNC(=O)C2CCCCC2)o1. The highest BCUT2D eigenvalue weighted by atomic mass is 32.2. The summed E-state index contributed by atoms with van der Waals surface area (Å²) in [5.41, 5.74) is 0. The largest absolute Gasteiger partial charge is 0.412 e. The van der Waals surface area contributed by atoms with Crippen molar-refractivity contribution in [2.45, 2.75) is 43.7 Å². The van der Waals surface area contributed by atoms with Gasteiger partial charge in [-0.15, -0.1) is 5.10 Å². The van der Waals surface area contributed by atoms with Crippen LogP contribution in [0.2, 0.25) is 0 Å². The second-order valence-corrected chi connectivity index (χ2v) is 7.00. The van der Waals surface area contributed by atoms with Gasteiger partial charge in [-0.25, -0.2) is 8.42 Å². The maximum atomic E-state index is 11.9. The molecule has 0 bridgehead atoms. The minimum absolute atomic E-state index is 0.0625. The lowest BCUT2D eigenvalue weighted by Crippen LogP contribution is -2.33. The van der Waals surface area contributed by atoms with E-state index < -0.39 is 9.84 Å². The van der Waals surface area contributed by atoms with Gasteiger partial charge in [0.15, 0.2) is 0 Å². The number of carbonyl (C=O) groups excluding carboxylic acids is 1. The first kappa shape index (κ1) is 15.0. The zero-order valence-electron chi connectivity index (χ0n) is 11.5. The van der Waals surface area contributed by atoms with E-state index in [4.69, 9.17) is 4.42 Å². The molecule has 1 amide bonds. The van der Waals surface area contributed by atoms with Crippen LogP contribution in [0, 0.1) is 5.92 Å². The second kappa shape index (κ2) is 6.34. The quantitative estimate of drug-likeness (QED) is 0.859. The molecule has 0 radical (unpaired) electrons. The van der Waals surface area contributed by atoms with E-state index in [1.54, 1.807) is 0 Å². The number of amides is 1. The van der Waals surface area contributed by atoms with E-state index in [-0.39, 0.29) is 22.9 Å². The number of nitrogens with zero attached hydrogens (tertiary/aromatic N) is 2. The molecule has 0 unspecified atom stereocenters. The number of carbonyl (C=O) groups is 1. The molecule has 2 rings (SSSR count). The first-order chi connectivity index (χ1) is 9.47. The van der Waals surface area contributed by atoms with Gasteiger partial charge in [0.1, 0.15) is 0 Å². The van der Waals surface area contributed by atoms with Gasteiger partial charge < -0.3 is 9.73 Å². The first-order valence-corrected chi connectivity index (χ1v) is 8.66. The highest BCUT2D eigenvalue weighted by Crippen LogP contribution is 2.23. The Balaban J connectivity index is 1.78. The summed E-state index contributed by atoms with van der Waals surface area (Å²) >= 11 is 0. The van der Waals surface area contributed by atoms with Gasteiger partial charge in [-0.3, -0.25) is 4.79 Å². The zero-order valence-corrected chi connectivity index (χ0v) is 12.3. The molecular weight excluding hydrogens is 282 g/mol. The van der Waals surface area contributed by atoms with Crippen LogP contribution in [0.1, 0.15) is 38.0 Å². The van der Waals surface area contributed by atoms with Crippen LogP contribution in [0.4, 0.5) is 0 Å². The highest BCUT2D eigenvalue weighted by molar-refractivity contribution is 7.90. The van der Waals surface area contributed by atoms with Crippen molar-refractivity contribution < 1.29 is 17.6 Å². The normalized spacial score (nSPS) is 17.1. The van der Waals surface area contributed by atoms with Gasteiger partial charge in [0.25, 0.3) is 0 Å². The van der Waals surface area contributed by atoms with Gasteiger partial charge in [0.05, 0.1) is 0 Å². The molecule has 1 N–H and O–H groups in total. The van der Waals surface area contributed by atoms with Crippen LogP contribution in [-0.4, -0.2) is 37.3 Å². The Morgan fingerprint density at radius 1 is 1.30 bits per heavy atom. The average Bonchev–Trinajstić information content (AvgIpc) is 2.88. The molecule has 1 aliphatic rings. The van der Waals surface area contributed by atoms with Crippen molar-refractivity contribution >= 4 is 15.7 Å². The van der Waals surface area contributed by atoms with Crippen molar-refractivity contribution in [3.05, 3.63) is 5.89 Å². The Kier molecular flexibility index (Phi) is 4.74. The Hall–Kier alpha value is -1.44. The predicted molar refractivity (Wildman–Crippen MR) is 70.7 cm³/mol. The molecule has 1 aromatic rings. The third kappa shape index (κ3) is 4.03. The van der Waals surface area contributed by atoms with E-state index in [9.17, 15) is 13.2 Å². The van der Waals surface area contributed by atoms with Crippen molar-refractivity contribution in [3.63, 3.8) is 0 Å². The van der Waals surface area contributed by atoms with Gasteiger partial charge >= 0.3 is 5.22 Å². The smallest absolute Gasteiger partial charge is 0.335 e. The lowest BCUT2D eigenvalue weighted by atomic mass is 9.89. The molecule has 8 heteroatoms. The number of rotatable bonds is 5. The topological polar surface area (TPSA) is 102 Å². The number of nitrogens with one attached hydrogen (secondary N) is 1. The van der Waals surface area contributed by atoms with Crippen LogP contribution in [0.3, 0.4) is 0 Å². The summed E-state index contributed by atoms with van der Waals surface area (Å²) in [7, 11) is -3.47. The lowest BCUT2D eigenvalue weighted by Gasteiger charge is -2.20. The molecule has 7 nitrogen and oxygen atoms in total. The Morgan fingerprint density at radius 2 is 2.00 bits per heavy atom. The Morgan fingerprint density at radius 3 is 2.60 bits per heavy atom. The van der Waals surface area contributed by atoms with E-state index in [1.165, 1.54) is 6.42 Å². The lowest BCUT2D eigenvalue weighted by molar-refractivity contribution is -0.125. The fourth-order valence-corrected chi connectivity index (χ4v) is 2.73. The van der Waals surface area contributed by atoms with Crippen LogP contribution < -0.4 is 5.32 Å². The summed E-state index contributed by atoms with van der Waals surface area (Å²) < 4.78 is 27.4. The molecule has 20 heavy (non-hydrogen) atoms. The second-order valence-electron chi connectivity index (χ2n) is 5.11. The van der Waals surface area contributed by atoms with Crippen LogP contribution in [0.5, 0.6) is 0 Å². The molecule has 1 saturated carbocycles. The highest BCUT2D eigenvalue weighted by Gasteiger charge is 2.21. The van der Waals surface area contributed by atoms with Gasteiger partial charge in [-0.2, -0.15) is 0 Å². The van der Waals surface area contributed by atoms with Gasteiger partial charge in [0.2, 0.25) is 21.6 Å². The summed E-state index contributed by atoms with van der Waals surface area (Å²) in [6.07, 6.45) is 6.67. The molecule has 0 aliphatic heterocycles. The molecule has 0 spiro atoms. The molecule has 1 fully saturated rings. The van der Waals surface area contributed by atoms with Gasteiger partial charge in [0, 0.05) is 25.1 Å². The number of aromatic nitrogens is 2. The minimum Gasteiger partial charge on any atom is -0.412 e. The van der Waals surface area contributed by atoms with Crippen molar-refractivity contribution in [3.8, 4) is 0 Å². The van der Waals surface area contributed by atoms with Crippen molar-refractivity contribution in [1.29, 1.82) is 0 Å². The zero-order chi connectivity index (χ0) is 14.6. The van der Waals surface area contributed by atoms with Crippen molar-refractivity contribution in [2.24, 2.45) is 5.92 Å². The molecule has 0 saturated heterocycles. The minimum atomic E-state index is -3.47. The van der Waals surface area contributed by atoms with E-state index in [2.05, 4.69) is 15.5 Å². The fourth-order valence-electron chi connectivity index (χ4n) is 2.29. The van der Waals surface area contributed by atoms with Crippen molar-refractivity contribution in [2.75, 3.05) is 12.8 Å². The number of hydrogen-bond donors (Lipinski definition) is 1. The summed E-state index contributed by atoms with van der Waals surface area (Å²) in [6.45, 7) is 0.376. The summed E-state index contributed by atoms with van der Waals surface area (Å²) in [5, 5.41) is 9.55. The van der Waals surface area contributed by atoms with Gasteiger partial charge in [-0.05, 0) is 12.8 Å². The van der Waals surface area contributed by atoms with Gasteiger partial charge in [-0.1, -0.05) is 24.4 Å². The Bertz CT molecular complexity index is 561. The summed E-state index contributed by atoms with van der Waals surface area (Å²) in [5.74, 6) is 0.389. The monoisotopic (exact) mass is 301 g/mol. The van der Waals surface area contributed by atoms with Crippen LogP contribution >= 0.6 is 0 Å². The molecule has 0 atom stereocenters. The third-order valence-electron chi connectivity index (χ3n) is 3.38. The van der Waals surface area contributed by atoms with Crippen LogP contribution in [0.25, 0.3) is 0 Å². The van der Waals surface area contributed by atoms with Crippen molar-refractivity contribution in [1.82, 2.24) is 15.5 Å². The summed E-state index contributed by atoms with van der Waals surface area (Å²) in [6, 6.07) is 0. The molecule has 1 aromatic heterocycles.